The lowest BCUT2D eigenvalue weighted by atomic mass is 9.82. The van der Waals surface area contributed by atoms with Crippen molar-refractivity contribution in [2.24, 2.45) is 13.0 Å². The number of hydrogen-bond donors (Lipinski definition) is 2. The predicted octanol–water partition coefficient (Wildman–Crippen LogP) is 3.50. The van der Waals surface area contributed by atoms with Crippen molar-refractivity contribution in [3.05, 3.63) is 52.9 Å². The third-order valence-corrected chi connectivity index (χ3v) is 5.01. The number of carboxylic acid groups (broad SMARTS) is 1. The van der Waals surface area contributed by atoms with E-state index < -0.39 is 30.4 Å². The minimum absolute atomic E-state index is 0.0208. The average Bonchev–Trinajstić information content (AvgIpc) is 2.64. The zero-order valence-corrected chi connectivity index (χ0v) is 15.4. The van der Waals surface area contributed by atoms with E-state index in [2.05, 4.69) is 5.32 Å². The predicted molar refractivity (Wildman–Crippen MR) is 99.9 cm³/mol. The first-order chi connectivity index (χ1) is 13.2. The van der Waals surface area contributed by atoms with Crippen molar-refractivity contribution in [3.63, 3.8) is 0 Å². The molecule has 0 radical (unpaired) electrons. The lowest BCUT2D eigenvalue weighted by Crippen LogP contribution is -2.48. The first-order valence-corrected chi connectivity index (χ1v) is 9.01. The SMILES string of the molecule is Cn1cccc(-c2ccc(OC[C@H]3CC(F)(F)CC[C@@H]3NC(=O)O)cc2)c1=O. The molecule has 1 saturated carbocycles. The van der Waals surface area contributed by atoms with Crippen LogP contribution >= 0.6 is 0 Å². The Morgan fingerprint density at radius 2 is 2.04 bits per heavy atom. The molecule has 1 aromatic heterocycles. The van der Waals surface area contributed by atoms with E-state index in [4.69, 9.17) is 9.84 Å². The largest absolute Gasteiger partial charge is 0.493 e. The Balaban J connectivity index is 1.68. The van der Waals surface area contributed by atoms with Gasteiger partial charge in [0, 0.05) is 43.6 Å². The summed E-state index contributed by atoms with van der Waals surface area (Å²) in [5.74, 6) is -2.97. The molecule has 1 aliphatic carbocycles. The third-order valence-electron chi connectivity index (χ3n) is 5.01. The monoisotopic (exact) mass is 392 g/mol. The summed E-state index contributed by atoms with van der Waals surface area (Å²) in [6.45, 7) is -0.0208. The number of hydrogen-bond acceptors (Lipinski definition) is 3. The number of carbonyl (C=O) groups is 1. The van der Waals surface area contributed by atoms with Gasteiger partial charge in [0.1, 0.15) is 5.75 Å². The molecular formula is C20H22F2N2O4. The van der Waals surface area contributed by atoms with Gasteiger partial charge < -0.3 is 19.7 Å². The van der Waals surface area contributed by atoms with Gasteiger partial charge in [0.15, 0.2) is 0 Å². The van der Waals surface area contributed by atoms with E-state index in [9.17, 15) is 18.4 Å². The number of amides is 1. The van der Waals surface area contributed by atoms with Crippen LogP contribution in [0.4, 0.5) is 13.6 Å². The van der Waals surface area contributed by atoms with Crippen LogP contribution in [0.2, 0.25) is 0 Å². The summed E-state index contributed by atoms with van der Waals surface area (Å²) in [6.07, 6.45) is -0.242. The van der Waals surface area contributed by atoms with Crippen LogP contribution in [0.25, 0.3) is 11.1 Å². The van der Waals surface area contributed by atoms with Crippen LogP contribution in [0.5, 0.6) is 5.75 Å². The number of rotatable bonds is 5. The fourth-order valence-corrected chi connectivity index (χ4v) is 3.51. The number of benzene rings is 1. The number of aromatic nitrogens is 1. The summed E-state index contributed by atoms with van der Waals surface area (Å²) in [5.41, 5.74) is 1.15. The maximum Gasteiger partial charge on any atom is 0.404 e. The smallest absolute Gasteiger partial charge is 0.404 e. The molecule has 0 saturated heterocycles. The van der Waals surface area contributed by atoms with Crippen LogP contribution in [0.15, 0.2) is 47.4 Å². The molecule has 0 spiro atoms. The second-order valence-corrected chi connectivity index (χ2v) is 7.09. The van der Waals surface area contributed by atoms with Crippen LogP contribution in [-0.2, 0) is 7.05 Å². The molecular weight excluding hydrogens is 370 g/mol. The number of ether oxygens (including phenoxy) is 1. The maximum atomic E-state index is 13.7. The normalized spacial score (nSPS) is 21.1. The Kier molecular flexibility index (Phi) is 5.67. The van der Waals surface area contributed by atoms with E-state index in [-0.39, 0.29) is 25.0 Å². The van der Waals surface area contributed by atoms with Crippen molar-refractivity contribution in [1.29, 1.82) is 0 Å². The molecule has 1 aromatic carbocycles. The highest BCUT2D eigenvalue weighted by Gasteiger charge is 2.42. The molecule has 1 fully saturated rings. The zero-order chi connectivity index (χ0) is 20.3. The molecule has 6 nitrogen and oxygen atoms in total. The van der Waals surface area contributed by atoms with E-state index in [1.165, 1.54) is 4.57 Å². The molecule has 3 rings (SSSR count). The number of alkyl halides is 2. The molecule has 2 N–H and O–H groups in total. The zero-order valence-electron chi connectivity index (χ0n) is 15.4. The Bertz CT molecular complexity index is 896. The Hall–Kier alpha value is -2.90. The molecule has 2 atom stereocenters. The van der Waals surface area contributed by atoms with Crippen LogP contribution in [0.3, 0.4) is 0 Å². The van der Waals surface area contributed by atoms with E-state index in [1.54, 1.807) is 49.6 Å². The minimum Gasteiger partial charge on any atom is -0.493 e. The van der Waals surface area contributed by atoms with Gasteiger partial charge in [-0.05, 0) is 36.2 Å². The van der Waals surface area contributed by atoms with Gasteiger partial charge in [0.2, 0.25) is 5.92 Å². The molecule has 0 bridgehead atoms. The van der Waals surface area contributed by atoms with Crippen LogP contribution in [0.1, 0.15) is 19.3 Å². The molecule has 8 heteroatoms. The molecule has 28 heavy (non-hydrogen) atoms. The Morgan fingerprint density at radius 3 is 2.71 bits per heavy atom. The standard InChI is InChI=1S/C20H22F2N2O4/c1-24-10-2-3-16(18(24)25)13-4-6-15(7-5-13)28-12-14-11-20(21,22)9-8-17(14)23-19(26)27/h2-7,10,14,17,23H,8-9,11-12H2,1H3,(H,26,27)/t14-,17+/m1/s1. The molecule has 0 unspecified atom stereocenters. The van der Waals surface area contributed by atoms with Crippen molar-refractivity contribution >= 4 is 6.09 Å². The molecule has 2 aromatic rings. The van der Waals surface area contributed by atoms with Gasteiger partial charge in [0.25, 0.3) is 5.56 Å². The Labute approximate surface area is 160 Å². The van der Waals surface area contributed by atoms with Gasteiger partial charge in [-0.2, -0.15) is 0 Å². The van der Waals surface area contributed by atoms with E-state index >= 15 is 0 Å². The van der Waals surface area contributed by atoms with Gasteiger partial charge in [-0.1, -0.05) is 12.1 Å². The Morgan fingerprint density at radius 1 is 1.32 bits per heavy atom. The summed E-state index contributed by atoms with van der Waals surface area (Å²) in [7, 11) is 1.67. The van der Waals surface area contributed by atoms with Gasteiger partial charge in [0.05, 0.1) is 6.61 Å². The molecule has 1 heterocycles. The lowest BCUT2D eigenvalue weighted by molar-refractivity contribution is -0.0677. The third kappa shape index (κ3) is 4.68. The van der Waals surface area contributed by atoms with Gasteiger partial charge in [-0.15, -0.1) is 0 Å². The van der Waals surface area contributed by atoms with E-state index in [1.807, 2.05) is 0 Å². The fourth-order valence-electron chi connectivity index (χ4n) is 3.51. The highest BCUT2D eigenvalue weighted by molar-refractivity contribution is 5.65. The summed E-state index contributed by atoms with van der Waals surface area (Å²) < 4.78 is 34.6. The highest BCUT2D eigenvalue weighted by atomic mass is 19.3. The van der Waals surface area contributed by atoms with E-state index in [0.717, 1.165) is 5.56 Å². The molecule has 1 amide bonds. The second-order valence-electron chi connectivity index (χ2n) is 7.09. The van der Waals surface area contributed by atoms with Crippen LogP contribution < -0.4 is 15.6 Å². The lowest BCUT2D eigenvalue weighted by Gasteiger charge is -2.35. The summed E-state index contributed by atoms with van der Waals surface area (Å²) in [5, 5.41) is 11.2. The van der Waals surface area contributed by atoms with Crippen molar-refractivity contribution < 1.29 is 23.4 Å². The quantitative estimate of drug-likeness (QED) is 0.816. The number of nitrogens with one attached hydrogen (secondary N) is 1. The van der Waals surface area contributed by atoms with Crippen molar-refractivity contribution in [1.82, 2.24) is 9.88 Å². The maximum absolute atomic E-state index is 13.7. The van der Waals surface area contributed by atoms with Gasteiger partial charge in [-0.25, -0.2) is 13.6 Å². The highest BCUT2D eigenvalue weighted by Crippen LogP contribution is 2.37. The fraction of sp³-hybridized carbons (Fsp3) is 0.400. The van der Waals surface area contributed by atoms with Gasteiger partial charge >= 0.3 is 6.09 Å². The van der Waals surface area contributed by atoms with E-state index in [0.29, 0.717) is 11.3 Å². The van der Waals surface area contributed by atoms with Crippen LogP contribution in [0, 0.1) is 5.92 Å². The second kappa shape index (κ2) is 8.00. The first kappa shape index (κ1) is 19.9. The number of nitrogens with zero attached hydrogens (tertiary/aromatic N) is 1. The summed E-state index contributed by atoms with van der Waals surface area (Å²) in [6, 6.07) is 9.74. The molecule has 150 valence electrons. The number of aryl methyl sites for hydroxylation is 1. The average molecular weight is 392 g/mol. The topological polar surface area (TPSA) is 80.6 Å². The summed E-state index contributed by atoms with van der Waals surface area (Å²) >= 11 is 0. The van der Waals surface area contributed by atoms with Gasteiger partial charge in [-0.3, -0.25) is 4.79 Å². The first-order valence-electron chi connectivity index (χ1n) is 9.01. The minimum atomic E-state index is -2.82. The van der Waals surface area contributed by atoms with Crippen molar-refractivity contribution in [2.75, 3.05) is 6.61 Å². The number of pyridine rings is 1. The number of halogens is 2. The van der Waals surface area contributed by atoms with Crippen LogP contribution in [-0.4, -0.2) is 34.3 Å². The molecule has 0 aliphatic heterocycles. The van der Waals surface area contributed by atoms with Crippen molar-refractivity contribution in [2.45, 2.75) is 31.2 Å². The molecule has 1 aliphatic rings. The summed E-state index contributed by atoms with van der Waals surface area (Å²) in [4.78, 5) is 23.1. The van der Waals surface area contributed by atoms with Crippen molar-refractivity contribution in [3.8, 4) is 16.9 Å².